The zero-order valence-corrected chi connectivity index (χ0v) is 15.8. The maximum Gasteiger partial charge on any atom is 0.283 e. The molecule has 0 radical (unpaired) electrons. The van der Waals surface area contributed by atoms with Gasteiger partial charge >= 0.3 is 0 Å². The molecule has 0 amide bonds. The minimum absolute atomic E-state index is 0.0900. The number of rotatable bonds is 4. The lowest BCUT2D eigenvalue weighted by Crippen LogP contribution is -2.15. The minimum atomic E-state index is -3.91. The number of aromatic nitrogens is 3. The predicted molar refractivity (Wildman–Crippen MR) is 102 cm³/mol. The lowest BCUT2D eigenvalue weighted by atomic mass is 10.0. The van der Waals surface area contributed by atoms with Crippen LogP contribution in [0.1, 0.15) is 5.76 Å². The van der Waals surface area contributed by atoms with Crippen molar-refractivity contribution in [2.24, 2.45) is 0 Å². The van der Waals surface area contributed by atoms with Crippen molar-refractivity contribution in [3.8, 4) is 22.5 Å². The van der Waals surface area contributed by atoms with Gasteiger partial charge in [-0.25, -0.2) is 0 Å². The summed E-state index contributed by atoms with van der Waals surface area (Å²) in [6.07, 6.45) is 1.43. The average molecular weight is 400 g/mol. The molecule has 0 aliphatic heterocycles. The van der Waals surface area contributed by atoms with E-state index in [0.29, 0.717) is 27.7 Å². The van der Waals surface area contributed by atoms with E-state index in [4.69, 9.17) is 16.1 Å². The molecule has 136 valence electrons. The van der Waals surface area contributed by atoms with Gasteiger partial charge in [0.25, 0.3) is 10.0 Å². The van der Waals surface area contributed by atoms with Gasteiger partial charge in [0, 0.05) is 10.6 Å². The monoisotopic (exact) mass is 399 g/mol. The van der Waals surface area contributed by atoms with E-state index in [1.807, 2.05) is 30.3 Å². The third kappa shape index (κ3) is 3.05. The summed E-state index contributed by atoms with van der Waals surface area (Å²) in [4.78, 5) is 0.0900. The molecule has 8 heteroatoms. The van der Waals surface area contributed by atoms with Crippen LogP contribution in [0, 0.1) is 6.92 Å². The Morgan fingerprint density at radius 1 is 1.00 bits per heavy atom. The quantitative estimate of drug-likeness (QED) is 0.508. The van der Waals surface area contributed by atoms with Gasteiger partial charge in [0.2, 0.25) is 0 Å². The van der Waals surface area contributed by atoms with Gasteiger partial charge in [-0.15, -0.1) is 0 Å². The first-order chi connectivity index (χ1) is 13.0. The van der Waals surface area contributed by atoms with Gasteiger partial charge < -0.3 is 4.52 Å². The fourth-order valence-electron chi connectivity index (χ4n) is 2.83. The third-order valence-corrected chi connectivity index (χ3v) is 5.98. The SMILES string of the molecule is Cc1onc(-c2ccccc2)c1-c1ccnn1S(=O)(=O)c1ccc(Cl)cc1. The van der Waals surface area contributed by atoms with Crippen molar-refractivity contribution in [2.75, 3.05) is 0 Å². The molecule has 0 saturated heterocycles. The summed E-state index contributed by atoms with van der Waals surface area (Å²) in [6.45, 7) is 1.74. The maximum atomic E-state index is 13.1. The summed E-state index contributed by atoms with van der Waals surface area (Å²) in [6, 6.07) is 17.0. The van der Waals surface area contributed by atoms with E-state index < -0.39 is 10.0 Å². The van der Waals surface area contributed by atoms with Crippen LogP contribution in [0.3, 0.4) is 0 Å². The van der Waals surface area contributed by atoms with Crippen molar-refractivity contribution in [3.05, 3.63) is 77.6 Å². The van der Waals surface area contributed by atoms with Crippen LogP contribution in [-0.2, 0) is 10.0 Å². The van der Waals surface area contributed by atoms with Gasteiger partial charge in [-0.1, -0.05) is 47.1 Å². The molecule has 4 rings (SSSR count). The number of hydrogen-bond donors (Lipinski definition) is 0. The van der Waals surface area contributed by atoms with Crippen molar-refractivity contribution in [2.45, 2.75) is 11.8 Å². The summed E-state index contributed by atoms with van der Waals surface area (Å²) in [7, 11) is -3.91. The smallest absolute Gasteiger partial charge is 0.283 e. The molecule has 4 aromatic rings. The molecule has 0 unspecified atom stereocenters. The Hall–Kier alpha value is -2.90. The molecule has 2 aromatic carbocycles. The molecule has 0 N–H and O–H groups in total. The van der Waals surface area contributed by atoms with Gasteiger partial charge in [0.05, 0.1) is 22.3 Å². The Kier molecular flexibility index (Phi) is 4.33. The normalized spacial score (nSPS) is 11.6. The third-order valence-electron chi connectivity index (χ3n) is 4.12. The van der Waals surface area contributed by atoms with Crippen molar-refractivity contribution in [3.63, 3.8) is 0 Å². The summed E-state index contributed by atoms with van der Waals surface area (Å²) in [5.41, 5.74) is 2.33. The van der Waals surface area contributed by atoms with Crippen molar-refractivity contribution >= 4 is 21.6 Å². The highest BCUT2D eigenvalue weighted by molar-refractivity contribution is 7.90. The van der Waals surface area contributed by atoms with Crippen LogP contribution < -0.4 is 0 Å². The van der Waals surface area contributed by atoms with Crippen LogP contribution >= 0.6 is 11.6 Å². The molecular formula is C19H14ClN3O3S. The van der Waals surface area contributed by atoms with E-state index >= 15 is 0 Å². The molecule has 0 fully saturated rings. The lowest BCUT2D eigenvalue weighted by Gasteiger charge is -2.09. The molecule has 0 atom stereocenters. The van der Waals surface area contributed by atoms with E-state index in [2.05, 4.69) is 10.3 Å². The first-order valence-corrected chi connectivity index (χ1v) is 9.87. The molecule has 0 aliphatic carbocycles. The van der Waals surface area contributed by atoms with Gasteiger partial charge in [-0.05, 0) is 37.3 Å². The highest BCUT2D eigenvalue weighted by atomic mass is 35.5. The predicted octanol–water partition coefficient (Wildman–Crippen LogP) is 4.40. The molecule has 0 saturated carbocycles. The molecular weight excluding hydrogens is 386 g/mol. The first kappa shape index (κ1) is 17.5. The topological polar surface area (TPSA) is 78.0 Å². The molecule has 0 aliphatic rings. The zero-order valence-electron chi connectivity index (χ0n) is 14.2. The Morgan fingerprint density at radius 3 is 2.41 bits per heavy atom. The van der Waals surface area contributed by atoms with Crippen molar-refractivity contribution in [1.82, 2.24) is 14.3 Å². The molecule has 0 bridgehead atoms. The molecule has 2 heterocycles. The molecule has 0 spiro atoms. The number of benzene rings is 2. The second-order valence-corrected chi connectivity index (χ2v) is 8.05. The highest BCUT2D eigenvalue weighted by Gasteiger charge is 2.26. The van der Waals surface area contributed by atoms with Gasteiger partial charge in [-0.2, -0.15) is 17.6 Å². The minimum Gasteiger partial charge on any atom is -0.360 e. The number of nitrogens with zero attached hydrogens (tertiary/aromatic N) is 3. The number of hydrogen-bond acceptors (Lipinski definition) is 5. The second-order valence-electron chi connectivity index (χ2n) is 5.85. The maximum absolute atomic E-state index is 13.1. The van der Waals surface area contributed by atoms with Gasteiger partial charge in [-0.3, -0.25) is 0 Å². The second kappa shape index (κ2) is 6.68. The van der Waals surface area contributed by atoms with Crippen LogP contribution in [-0.4, -0.2) is 22.8 Å². The number of halogens is 1. The van der Waals surface area contributed by atoms with Gasteiger partial charge in [0.1, 0.15) is 11.5 Å². The Labute approximate surface area is 161 Å². The van der Waals surface area contributed by atoms with Crippen molar-refractivity contribution < 1.29 is 12.9 Å². The average Bonchev–Trinajstić information content (AvgIpc) is 3.29. The fraction of sp³-hybridized carbons (Fsp3) is 0.0526. The van der Waals surface area contributed by atoms with E-state index in [1.54, 1.807) is 13.0 Å². The zero-order chi connectivity index (χ0) is 19.0. The summed E-state index contributed by atoms with van der Waals surface area (Å²) >= 11 is 5.87. The largest absolute Gasteiger partial charge is 0.360 e. The van der Waals surface area contributed by atoms with Crippen LogP contribution in [0.2, 0.25) is 5.02 Å². The van der Waals surface area contributed by atoms with E-state index in [9.17, 15) is 8.42 Å². The number of aryl methyl sites for hydroxylation is 1. The van der Waals surface area contributed by atoms with Crippen LogP contribution in [0.25, 0.3) is 22.5 Å². The fourth-order valence-corrected chi connectivity index (χ4v) is 4.23. The molecule has 2 aromatic heterocycles. The molecule has 6 nitrogen and oxygen atoms in total. The standard InChI is InChI=1S/C19H14ClN3O3S/c1-13-18(19(22-26-13)14-5-3-2-4-6-14)17-11-12-21-23(17)27(24,25)16-9-7-15(20)8-10-16/h2-12H,1H3. The Morgan fingerprint density at radius 2 is 1.70 bits per heavy atom. The summed E-state index contributed by atoms with van der Waals surface area (Å²) < 4.78 is 32.5. The Bertz CT molecular complexity index is 1200. The van der Waals surface area contributed by atoms with Crippen LogP contribution in [0.4, 0.5) is 0 Å². The summed E-state index contributed by atoms with van der Waals surface area (Å²) in [5, 5.41) is 8.62. The van der Waals surface area contributed by atoms with E-state index in [0.717, 1.165) is 9.65 Å². The Balaban J connectivity index is 1.89. The van der Waals surface area contributed by atoms with E-state index in [-0.39, 0.29) is 4.90 Å². The summed E-state index contributed by atoms with van der Waals surface area (Å²) in [5.74, 6) is 0.502. The van der Waals surface area contributed by atoms with Crippen LogP contribution in [0.15, 0.2) is 76.3 Å². The lowest BCUT2D eigenvalue weighted by molar-refractivity contribution is 0.400. The first-order valence-electron chi connectivity index (χ1n) is 8.06. The van der Waals surface area contributed by atoms with Crippen molar-refractivity contribution in [1.29, 1.82) is 0 Å². The van der Waals surface area contributed by atoms with Crippen LogP contribution in [0.5, 0.6) is 0 Å². The van der Waals surface area contributed by atoms with E-state index in [1.165, 1.54) is 30.5 Å². The molecule has 27 heavy (non-hydrogen) atoms. The highest BCUT2D eigenvalue weighted by Crippen LogP contribution is 2.35. The van der Waals surface area contributed by atoms with Gasteiger partial charge in [0.15, 0.2) is 0 Å².